The van der Waals surface area contributed by atoms with Crippen molar-refractivity contribution in [2.75, 3.05) is 12.0 Å². The zero-order valence-corrected chi connectivity index (χ0v) is 18.0. The highest BCUT2D eigenvalue weighted by Gasteiger charge is 2.24. The van der Waals surface area contributed by atoms with Gasteiger partial charge in [0.1, 0.15) is 11.7 Å². The molecule has 1 heterocycles. The van der Waals surface area contributed by atoms with Crippen LogP contribution in [-0.4, -0.2) is 40.0 Å². The van der Waals surface area contributed by atoms with Crippen LogP contribution in [-0.2, 0) is 16.1 Å². The largest absolute Gasteiger partial charge is 0.456 e. The van der Waals surface area contributed by atoms with E-state index in [1.807, 2.05) is 36.6 Å². The highest BCUT2D eigenvalue weighted by atomic mass is 32.2. The molecule has 0 bridgehead atoms. The fraction of sp³-hybridized carbons (Fsp3) is 0.227. The van der Waals surface area contributed by atoms with Gasteiger partial charge in [-0.2, -0.15) is 11.8 Å². The number of non-ortho nitro benzene ring substituents is 1. The smallest absolute Gasteiger partial charge is 0.329 e. The van der Waals surface area contributed by atoms with E-state index < -0.39 is 22.8 Å². The van der Waals surface area contributed by atoms with Crippen molar-refractivity contribution in [1.82, 2.24) is 10.5 Å². The molecule has 0 fully saturated rings. The number of aromatic nitrogens is 1. The summed E-state index contributed by atoms with van der Waals surface area (Å²) < 4.78 is 10.6. The average molecular weight is 455 g/mol. The lowest BCUT2D eigenvalue weighted by molar-refractivity contribution is -0.384. The molecule has 166 valence electrons. The van der Waals surface area contributed by atoms with Crippen molar-refractivity contribution in [3.63, 3.8) is 0 Å². The summed E-state index contributed by atoms with van der Waals surface area (Å²) in [6.45, 7) is -0.138. The molecule has 2 aromatic carbocycles. The number of benzene rings is 2. The van der Waals surface area contributed by atoms with Crippen molar-refractivity contribution in [2.45, 2.75) is 19.1 Å². The Morgan fingerprint density at radius 3 is 2.69 bits per heavy atom. The second-order valence-corrected chi connectivity index (χ2v) is 7.75. The van der Waals surface area contributed by atoms with Gasteiger partial charge in [-0.25, -0.2) is 4.79 Å². The van der Waals surface area contributed by atoms with Gasteiger partial charge in [0.05, 0.1) is 4.92 Å². The first-order valence-electron chi connectivity index (χ1n) is 9.70. The van der Waals surface area contributed by atoms with E-state index in [0.29, 0.717) is 23.6 Å². The zero-order chi connectivity index (χ0) is 22.9. The summed E-state index contributed by atoms with van der Waals surface area (Å²) in [4.78, 5) is 35.5. The molecule has 0 aliphatic heterocycles. The monoisotopic (exact) mass is 455 g/mol. The lowest BCUT2D eigenvalue weighted by atomic mass is 10.1. The number of nitrogens with zero attached hydrogens (tertiary/aromatic N) is 2. The molecule has 0 saturated heterocycles. The molecule has 1 N–H and O–H groups in total. The van der Waals surface area contributed by atoms with Crippen LogP contribution in [0.3, 0.4) is 0 Å². The maximum absolute atomic E-state index is 12.6. The third-order valence-corrected chi connectivity index (χ3v) is 5.15. The van der Waals surface area contributed by atoms with Gasteiger partial charge in [-0.3, -0.25) is 14.9 Å². The Kier molecular flexibility index (Phi) is 7.98. The molecule has 1 atom stereocenters. The van der Waals surface area contributed by atoms with Gasteiger partial charge in [-0.15, -0.1) is 0 Å². The number of nitrogens with one attached hydrogen (secondary N) is 1. The quantitative estimate of drug-likeness (QED) is 0.278. The van der Waals surface area contributed by atoms with Crippen LogP contribution in [0.4, 0.5) is 5.69 Å². The third-order valence-electron chi connectivity index (χ3n) is 4.50. The highest BCUT2D eigenvalue weighted by molar-refractivity contribution is 7.98. The number of ether oxygens (including phenoxy) is 1. The summed E-state index contributed by atoms with van der Waals surface area (Å²) in [6.07, 6.45) is 2.22. The molecule has 0 saturated carbocycles. The van der Waals surface area contributed by atoms with Crippen molar-refractivity contribution >= 4 is 29.3 Å². The van der Waals surface area contributed by atoms with Gasteiger partial charge in [0.2, 0.25) is 0 Å². The van der Waals surface area contributed by atoms with E-state index in [1.54, 1.807) is 6.07 Å². The summed E-state index contributed by atoms with van der Waals surface area (Å²) in [6, 6.07) is 15.5. The van der Waals surface area contributed by atoms with Crippen LogP contribution in [0.1, 0.15) is 22.5 Å². The molecular weight excluding hydrogens is 434 g/mol. The molecule has 0 aliphatic rings. The molecule has 0 aliphatic carbocycles. The Labute approximate surface area is 188 Å². The molecule has 0 radical (unpaired) electrons. The van der Waals surface area contributed by atoms with Crippen LogP contribution in [0.2, 0.25) is 0 Å². The van der Waals surface area contributed by atoms with Gasteiger partial charge in [0.15, 0.2) is 12.4 Å². The molecule has 32 heavy (non-hydrogen) atoms. The lowest BCUT2D eigenvalue weighted by Crippen LogP contribution is -2.42. The van der Waals surface area contributed by atoms with Crippen molar-refractivity contribution in [3.8, 4) is 11.3 Å². The maximum atomic E-state index is 12.6. The second kappa shape index (κ2) is 11.1. The van der Waals surface area contributed by atoms with Gasteiger partial charge < -0.3 is 14.6 Å². The molecule has 10 heteroatoms. The zero-order valence-electron chi connectivity index (χ0n) is 17.2. The SMILES string of the molecule is CSCC[C@@H](NC(=O)c1cccc([N+](=O)[O-])c1)C(=O)OCc1cc(-c2ccccc2)no1. The Morgan fingerprint density at radius 2 is 1.97 bits per heavy atom. The van der Waals surface area contributed by atoms with Crippen LogP contribution in [0, 0.1) is 10.1 Å². The van der Waals surface area contributed by atoms with Crippen LogP contribution in [0.15, 0.2) is 65.2 Å². The number of carbonyl (C=O) groups is 2. The average Bonchev–Trinajstić information content (AvgIpc) is 3.30. The van der Waals surface area contributed by atoms with Gasteiger partial charge in [-0.05, 0) is 24.5 Å². The molecule has 3 aromatic rings. The summed E-state index contributed by atoms with van der Waals surface area (Å²) in [5, 5.41) is 17.5. The normalized spacial score (nSPS) is 11.5. The van der Waals surface area contributed by atoms with E-state index in [2.05, 4.69) is 10.5 Å². The van der Waals surface area contributed by atoms with E-state index in [9.17, 15) is 19.7 Å². The fourth-order valence-electron chi connectivity index (χ4n) is 2.86. The number of hydrogen-bond donors (Lipinski definition) is 1. The molecular formula is C22H21N3O6S. The number of carbonyl (C=O) groups excluding carboxylic acids is 2. The minimum Gasteiger partial charge on any atom is -0.456 e. The number of nitro benzene ring substituents is 1. The van der Waals surface area contributed by atoms with Crippen LogP contribution >= 0.6 is 11.8 Å². The second-order valence-electron chi connectivity index (χ2n) is 6.77. The van der Waals surface area contributed by atoms with E-state index in [-0.39, 0.29) is 17.9 Å². The number of nitro groups is 1. The number of hydrogen-bond acceptors (Lipinski definition) is 8. The summed E-state index contributed by atoms with van der Waals surface area (Å²) in [5.41, 5.74) is 1.37. The first-order chi connectivity index (χ1) is 15.5. The Balaban J connectivity index is 1.63. The summed E-state index contributed by atoms with van der Waals surface area (Å²) >= 11 is 1.52. The molecule has 9 nitrogen and oxygen atoms in total. The van der Waals surface area contributed by atoms with Gasteiger partial charge >= 0.3 is 5.97 Å². The minimum atomic E-state index is -0.911. The Hall–Kier alpha value is -3.66. The van der Waals surface area contributed by atoms with Crippen LogP contribution in [0.5, 0.6) is 0 Å². The van der Waals surface area contributed by atoms with E-state index in [4.69, 9.17) is 9.26 Å². The van der Waals surface area contributed by atoms with Crippen molar-refractivity contribution in [1.29, 1.82) is 0 Å². The number of rotatable bonds is 10. The van der Waals surface area contributed by atoms with Gasteiger partial charge in [-0.1, -0.05) is 41.6 Å². The van der Waals surface area contributed by atoms with Crippen molar-refractivity contribution in [3.05, 3.63) is 82.1 Å². The first kappa shape index (κ1) is 23.0. The number of thioether (sulfide) groups is 1. The van der Waals surface area contributed by atoms with E-state index in [0.717, 1.165) is 11.6 Å². The van der Waals surface area contributed by atoms with Crippen LogP contribution < -0.4 is 5.32 Å². The molecule has 0 unspecified atom stereocenters. The Morgan fingerprint density at radius 1 is 1.19 bits per heavy atom. The third kappa shape index (κ3) is 6.17. The summed E-state index contributed by atoms with van der Waals surface area (Å²) in [5.74, 6) is -0.251. The topological polar surface area (TPSA) is 125 Å². The number of amides is 1. The minimum absolute atomic E-state index is 0.0869. The first-order valence-corrected chi connectivity index (χ1v) is 11.1. The van der Waals surface area contributed by atoms with Gasteiger partial charge in [0, 0.05) is 29.3 Å². The maximum Gasteiger partial charge on any atom is 0.329 e. The lowest BCUT2D eigenvalue weighted by Gasteiger charge is -2.17. The van der Waals surface area contributed by atoms with E-state index >= 15 is 0 Å². The van der Waals surface area contributed by atoms with Gasteiger partial charge in [0.25, 0.3) is 11.6 Å². The number of esters is 1. The Bertz CT molecular complexity index is 1090. The predicted octanol–water partition coefficient (Wildman–Crippen LogP) is 3.84. The standard InChI is InChI=1S/C22H21N3O6S/c1-32-11-10-19(23-21(26)16-8-5-9-17(12-16)25(28)29)22(27)30-14-18-13-20(24-31-18)15-6-3-2-4-7-15/h2-9,12-13,19H,10-11,14H2,1H3,(H,23,26)/t19-/m1/s1. The van der Waals surface area contributed by atoms with Crippen molar-refractivity contribution < 1.29 is 23.8 Å². The molecule has 1 aromatic heterocycles. The molecule has 3 rings (SSSR count). The van der Waals surface area contributed by atoms with Crippen molar-refractivity contribution in [2.24, 2.45) is 0 Å². The fourth-order valence-corrected chi connectivity index (χ4v) is 3.33. The molecule has 1 amide bonds. The van der Waals surface area contributed by atoms with E-state index in [1.165, 1.54) is 30.0 Å². The van der Waals surface area contributed by atoms with Crippen LogP contribution in [0.25, 0.3) is 11.3 Å². The predicted molar refractivity (Wildman–Crippen MR) is 119 cm³/mol. The highest BCUT2D eigenvalue weighted by Crippen LogP contribution is 2.19. The molecule has 0 spiro atoms. The summed E-state index contributed by atoms with van der Waals surface area (Å²) in [7, 11) is 0.